The molecule has 8 heteroatoms. The zero-order valence-electron chi connectivity index (χ0n) is 17.1. The van der Waals surface area contributed by atoms with E-state index in [1.165, 1.54) is 4.57 Å². The largest absolute Gasteiger partial charge is 0.383 e. The van der Waals surface area contributed by atoms with Crippen LogP contribution in [0.3, 0.4) is 0 Å². The third kappa shape index (κ3) is 4.17. The Labute approximate surface area is 178 Å². The fraction of sp³-hybridized carbons (Fsp3) is 0.318. The number of ether oxygens (including phenoxy) is 1. The fourth-order valence-electron chi connectivity index (χ4n) is 3.47. The molecule has 0 saturated carbocycles. The minimum absolute atomic E-state index is 0.310. The Morgan fingerprint density at radius 2 is 1.97 bits per heavy atom. The highest BCUT2D eigenvalue weighted by Gasteiger charge is 2.25. The number of aromatic nitrogens is 2. The van der Waals surface area contributed by atoms with Crippen molar-refractivity contribution < 1.29 is 9.53 Å². The average Bonchev–Trinajstić information content (AvgIpc) is 2.71. The summed E-state index contributed by atoms with van der Waals surface area (Å²) in [6.45, 7) is 4.37. The molecule has 0 aliphatic heterocycles. The van der Waals surface area contributed by atoms with Crippen molar-refractivity contribution in [2.75, 3.05) is 20.3 Å². The van der Waals surface area contributed by atoms with E-state index in [1.807, 2.05) is 19.9 Å². The maximum absolute atomic E-state index is 13.5. The number of carbonyl (C=O) groups is 1. The highest BCUT2D eigenvalue weighted by atomic mass is 35.5. The van der Waals surface area contributed by atoms with Gasteiger partial charge in [-0.3, -0.25) is 14.2 Å². The first-order chi connectivity index (χ1) is 14.4. The zero-order valence-corrected chi connectivity index (χ0v) is 17.9. The standard InChI is InChI=1S/C22H24ClN3O4/c1-4-18(20(27)24-10-11-30-3)26-19-9-8-14(2)12-17(19)21(28)25(22(26)29)16-7-5-6-15(23)13-16/h5-9,12-13,18H,4,10-11H2,1-3H3,(H,24,27). The van der Waals surface area contributed by atoms with Crippen LogP contribution in [0, 0.1) is 6.92 Å². The zero-order chi connectivity index (χ0) is 21.8. The van der Waals surface area contributed by atoms with Crippen LogP contribution in [0.5, 0.6) is 0 Å². The smallest absolute Gasteiger partial charge is 0.336 e. The van der Waals surface area contributed by atoms with Gasteiger partial charge in [0.1, 0.15) is 6.04 Å². The Balaban J connectivity index is 2.31. The number of methoxy groups -OCH3 is 1. The molecule has 3 aromatic rings. The van der Waals surface area contributed by atoms with E-state index in [4.69, 9.17) is 16.3 Å². The molecule has 2 aromatic carbocycles. The lowest BCUT2D eigenvalue weighted by atomic mass is 10.1. The van der Waals surface area contributed by atoms with Gasteiger partial charge in [0.15, 0.2) is 0 Å². The summed E-state index contributed by atoms with van der Waals surface area (Å²) in [6.07, 6.45) is 0.370. The molecule has 1 heterocycles. The van der Waals surface area contributed by atoms with Crippen LogP contribution in [0.25, 0.3) is 16.6 Å². The molecule has 1 N–H and O–H groups in total. The number of fused-ring (bicyclic) bond motifs is 1. The van der Waals surface area contributed by atoms with Gasteiger partial charge in [-0.15, -0.1) is 0 Å². The predicted octanol–water partition coefficient (Wildman–Crippen LogP) is 2.83. The van der Waals surface area contributed by atoms with Gasteiger partial charge in [0.2, 0.25) is 5.91 Å². The molecule has 0 bridgehead atoms. The van der Waals surface area contributed by atoms with Gasteiger partial charge in [0.05, 0.1) is 23.2 Å². The van der Waals surface area contributed by atoms with Crippen molar-refractivity contribution >= 4 is 28.4 Å². The third-order valence-corrected chi connectivity index (χ3v) is 5.15. The van der Waals surface area contributed by atoms with Gasteiger partial charge >= 0.3 is 5.69 Å². The van der Waals surface area contributed by atoms with Crippen molar-refractivity contribution in [3.05, 3.63) is 73.9 Å². The first-order valence-corrected chi connectivity index (χ1v) is 10.1. The summed E-state index contributed by atoms with van der Waals surface area (Å²) in [4.78, 5) is 39.6. The van der Waals surface area contributed by atoms with Crippen LogP contribution in [0.15, 0.2) is 52.1 Å². The molecule has 0 saturated heterocycles. The second-order valence-corrected chi connectivity index (χ2v) is 7.44. The van der Waals surface area contributed by atoms with Crippen molar-refractivity contribution in [1.82, 2.24) is 14.5 Å². The Hall–Kier alpha value is -2.90. The van der Waals surface area contributed by atoms with Crippen LogP contribution in [-0.4, -0.2) is 35.3 Å². The summed E-state index contributed by atoms with van der Waals surface area (Å²) in [5, 5.41) is 3.55. The van der Waals surface area contributed by atoms with Crippen molar-refractivity contribution in [1.29, 1.82) is 0 Å². The molecule has 1 amide bonds. The molecule has 3 rings (SSSR count). The van der Waals surface area contributed by atoms with Gasteiger partial charge in [-0.1, -0.05) is 36.2 Å². The monoisotopic (exact) mass is 429 g/mol. The molecule has 0 aliphatic rings. The summed E-state index contributed by atoms with van der Waals surface area (Å²) in [5.41, 5.74) is 0.603. The molecule has 0 radical (unpaired) electrons. The topological polar surface area (TPSA) is 82.3 Å². The number of carbonyl (C=O) groups excluding carboxylic acids is 1. The fourth-order valence-corrected chi connectivity index (χ4v) is 3.66. The third-order valence-electron chi connectivity index (χ3n) is 4.92. The van der Waals surface area contributed by atoms with Gasteiger partial charge in [-0.05, 0) is 43.7 Å². The molecule has 1 aromatic heterocycles. The first-order valence-electron chi connectivity index (χ1n) is 9.69. The number of hydrogen-bond donors (Lipinski definition) is 1. The van der Waals surface area contributed by atoms with Gasteiger partial charge in [-0.2, -0.15) is 0 Å². The molecule has 0 spiro atoms. The van der Waals surface area contributed by atoms with Gasteiger partial charge < -0.3 is 10.1 Å². The van der Waals surface area contributed by atoms with Crippen molar-refractivity contribution in [3.8, 4) is 5.69 Å². The van der Waals surface area contributed by atoms with E-state index in [1.54, 1.807) is 43.5 Å². The van der Waals surface area contributed by atoms with Crippen LogP contribution in [-0.2, 0) is 9.53 Å². The number of benzene rings is 2. The summed E-state index contributed by atoms with van der Waals surface area (Å²) >= 11 is 6.09. The van der Waals surface area contributed by atoms with Crippen LogP contribution in [0.1, 0.15) is 24.9 Å². The summed E-state index contributed by atoms with van der Waals surface area (Å²) in [6, 6.07) is 11.0. The number of aryl methyl sites for hydroxylation is 1. The number of hydrogen-bond acceptors (Lipinski definition) is 4. The molecule has 0 fully saturated rings. The Morgan fingerprint density at radius 3 is 2.63 bits per heavy atom. The van der Waals surface area contributed by atoms with Crippen molar-refractivity contribution in [3.63, 3.8) is 0 Å². The Bertz CT molecular complexity index is 1200. The average molecular weight is 430 g/mol. The van der Waals surface area contributed by atoms with E-state index in [-0.39, 0.29) is 5.91 Å². The minimum Gasteiger partial charge on any atom is -0.383 e. The van der Waals surface area contributed by atoms with Gasteiger partial charge in [0.25, 0.3) is 5.56 Å². The molecular weight excluding hydrogens is 406 g/mol. The van der Waals surface area contributed by atoms with E-state index >= 15 is 0 Å². The minimum atomic E-state index is -0.786. The molecule has 1 atom stereocenters. The Morgan fingerprint density at radius 1 is 1.20 bits per heavy atom. The maximum Gasteiger partial charge on any atom is 0.336 e. The second kappa shape index (κ2) is 9.28. The van der Waals surface area contributed by atoms with Gasteiger partial charge in [-0.25, -0.2) is 9.36 Å². The number of halogens is 1. The molecule has 7 nitrogen and oxygen atoms in total. The Kier molecular flexibility index (Phi) is 6.74. The lowest BCUT2D eigenvalue weighted by Gasteiger charge is -2.22. The molecular formula is C22H24ClN3O4. The van der Waals surface area contributed by atoms with E-state index in [2.05, 4.69) is 5.32 Å². The quantitative estimate of drug-likeness (QED) is 0.585. The number of rotatable bonds is 7. The van der Waals surface area contributed by atoms with Gasteiger partial charge in [0, 0.05) is 18.7 Å². The highest BCUT2D eigenvalue weighted by molar-refractivity contribution is 6.30. The maximum atomic E-state index is 13.5. The number of amides is 1. The van der Waals surface area contributed by atoms with E-state index in [0.717, 1.165) is 10.1 Å². The number of nitrogens with one attached hydrogen (secondary N) is 1. The van der Waals surface area contributed by atoms with Crippen molar-refractivity contribution in [2.45, 2.75) is 26.3 Å². The molecule has 0 aliphatic carbocycles. The van der Waals surface area contributed by atoms with Crippen LogP contribution in [0.2, 0.25) is 5.02 Å². The normalized spacial score (nSPS) is 12.1. The summed E-state index contributed by atoms with van der Waals surface area (Å²) < 4.78 is 7.44. The SMILES string of the molecule is CCC(C(=O)NCCOC)n1c(=O)n(-c2cccc(Cl)c2)c(=O)c2cc(C)ccc21. The van der Waals surface area contributed by atoms with Crippen molar-refractivity contribution in [2.24, 2.45) is 0 Å². The second-order valence-electron chi connectivity index (χ2n) is 7.00. The van der Waals surface area contributed by atoms with Crippen LogP contribution >= 0.6 is 11.6 Å². The highest BCUT2D eigenvalue weighted by Crippen LogP contribution is 2.19. The summed E-state index contributed by atoms with van der Waals surface area (Å²) in [5.74, 6) is -0.310. The van der Waals surface area contributed by atoms with Crippen LogP contribution < -0.4 is 16.6 Å². The molecule has 158 valence electrons. The summed E-state index contributed by atoms with van der Waals surface area (Å²) in [7, 11) is 1.55. The first kappa shape index (κ1) is 21.8. The molecule has 1 unspecified atom stereocenters. The number of nitrogens with zero attached hydrogens (tertiary/aromatic N) is 2. The van der Waals surface area contributed by atoms with E-state index in [0.29, 0.717) is 41.2 Å². The van der Waals surface area contributed by atoms with Crippen LogP contribution in [0.4, 0.5) is 0 Å². The molecule has 30 heavy (non-hydrogen) atoms. The lowest BCUT2D eigenvalue weighted by molar-refractivity contribution is -0.124. The predicted molar refractivity (Wildman–Crippen MR) is 118 cm³/mol. The van der Waals surface area contributed by atoms with E-state index in [9.17, 15) is 14.4 Å². The van der Waals surface area contributed by atoms with E-state index < -0.39 is 17.3 Å². The lowest BCUT2D eigenvalue weighted by Crippen LogP contribution is -2.44.